The van der Waals surface area contributed by atoms with E-state index in [0.717, 1.165) is 77.0 Å². The van der Waals surface area contributed by atoms with Gasteiger partial charge in [-0.1, -0.05) is 367 Å². The number of hydrogen-bond donors (Lipinski definition) is 0. The van der Waals surface area contributed by atoms with Crippen molar-refractivity contribution >= 4 is 19.8 Å². The van der Waals surface area contributed by atoms with Crippen LogP contribution < -0.4 is 4.89 Å². The molecule has 0 rings (SSSR count). The van der Waals surface area contributed by atoms with Crippen molar-refractivity contribution in [2.75, 3.05) is 47.5 Å². The molecule has 0 saturated carbocycles. The van der Waals surface area contributed by atoms with Crippen LogP contribution in [-0.2, 0) is 32.7 Å². The molecule has 0 aromatic carbocycles. The first-order valence-electron chi connectivity index (χ1n) is 38.6. The Morgan fingerprint density at radius 3 is 0.913 bits per heavy atom. The van der Waals surface area contributed by atoms with Crippen molar-refractivity contribution in [3.8, 4) is 0 Å². The van der Waals surface area contributed by atoms with Crippen LogP contribution in [0.1, 0.15) is 348 Å². The first kappa shape index (κ1) is 88.7. The minimum absolute atomic E-state index is 0.0460. The summed E-state index contributed by atoms with van der Waals surface area (Å²) in [6.07, 6.45) is 102. The molecule has 0 aliphatic carbocycles. The highest BCUT2D eigenvalue weighted by Crippen LogP contribution is 2.38. The van der Waals surface area contributed by atoms with E-state index in [2.05, 4.69) is 117 Å². The summed E-state index contributed by atoms with van der Waals surface area (Å²) in [5, 5.41) is 0. The molecule has 0 aromatic rings. The summed E-state index contributed by atoms with van der Waals surface area (Å²) in [5.74, 6) is -0.897. The van der Waals surface area contributed by atoms with Crippen molar-refractivity contribution in [2.45, 2.75) is 354 Å². The molecule has 92 heavy (non-hydrogen) atoms. The van der Waals surface area contributed by atoms with Crippen LogP contribution in [0.25, 0.3) is 0 Å². The molecule has 0 aromatic heterocycles. The monoisotopic (exact) mass is 1300 g/mol. The van der Waals surface area contributed by atoms with Gasteiger partial charge in [0.2, 0.25) is 0 Å². The Hall–Kier alpha value is -3.33. The molecule has 0 heterocycles. The molecule has 0 aliphatic heterocycles. The third-order valence-electron chi connectivity index (χ3n) is 16.8. The quantitative estimate of drug-likeness (QED) is 0.0195. The Morgan fingerprint density at radius 2 is 0.620 bits per heavy atom. The van der Waals surface area contributed by atoms with Crippen LogP contribution in [0, 0.1) is 0 Å². The maximum absolute atomic E-state index is 12.8. The maximum Gasteiger partial charge on any atom is 0.306 e. The third-order valence-corrected chi connectivity index (χ3v) is 17.8. The smallest absolute Gasteiger partial charge is 0.306 e. The molecule has 9 nitrogen and oxygen atoms in total. The minimum Gasteiger partial charge on any atom is -0.756 e. The molecule has 0 amide bonds. The second-order valence-electron chi connectivity index (χ2n) is 27.0. The molecule has 0 radical (unpaired) electrons. The number of carbonyl (C=O) groups excluding carboxylic acids is 2. The van der Waals surface area contributed by atoms with E-state index in [-0.39, 0.29) is 26.1 Å². The van der Waals surface area contributed by atoms with Crippen molar-refractivity contribution in [1.82, 2.24) is 0 Å². The lowest BCUT2D eigenvalue weighted by molar-refractivity contribution is -0.870. The van der Waals surface area contributed by atoms with E-state index >= 15 is 0 Å². The predicted octanol–water partition coefficient (Wildman–Crippen LogP) is 25.0. The van der Waals surface area contributed by atoms with Gasteiger partial charge in [0, 0.05) is 12.8 Å². The van der Waals surface area contributed by atoms with E-state index in [1.807, 2.05) is 27.2 Å². The predicted molar refractivity (Wildman–Crippen MR) is 397 cm³/mol. The first-order valence-corrected chi connectivity index (χ1v) is 40.1. The molecule has 0 fully saturated rings. The molecule has 10 heteroatoms. The molecule has 2 unspecified atom stereocenters. The minimum atomic E-state index is -4.67. The number of likely N-dealkylation sites (N-methyl/N-ethyl adjacent to an activating group) is 1. The number of rotatable bonds is 71. The number of carbonyl (C=O) groups is 2. The van der Waals surface area contributed by atoms with Crippen LogP contribution in [-0.4, -0.2) is 70.0 Å². The second kappa shape index (κ2) is 72.0. The van der Waals surface area contributed by atoms with E-state index in [1.54, 1.807) is 0 Å². The normalized spacial score (nSPS) is 13.7. The number of quaternary nitrogens is 1. The number of allylic oxidation sites excluding steroid dienone is 18. The lowest BCUT2D eigenvalue weighted by Crippen LogP contribution is -2.37. The Labute approximate surface area is 569 Å². The highest BCUT2D eigenvalue weighted by molar-refractivity contribution is 7.45. The van der Waals surface area contributed by atoms with Crippen molar-refractivity contribution in [1.29, 1.82) is 0 Å². The summed E-state index contributed by atoms with van der Waals surface area (Å²) in [4.78, 5) is 38.1. The Kier molecular flexibility index (Phi) is 69.3. The van der Waals surface area contributed by atoms with Crippen LogP contribution in [0.2, 0.25) is 0 Å². The molecule has 532 valence electrons. The maximum atomic E-state index is 12.8. The van der Waals surface area contributed by atoms with Crippen molar-refractivity contribution in [2.24, 2.45) is 0 Å². The highest BCUT2D eigenvalue weighted by Gasteiger charge is 2.22. The zero-order chi connectivity index (χ0) is 66.9. The highest BCUT2D eigenvalue weighted by atomic mass is 31.2. The van der Waals surface area contributed by atoms with E-state index in [4.69, 9.17) is 18.5 Å². The first-order chi connectivity index (χ1) is 45.0. The van der Waals surface area contributed by atoms with Crippen LogP contribution in [0.4, 0.5) is 0 Å². The van der Waals surface area contributed by atoms with Gasteiger partial charge in [-0.25, -0.2) is 0 Å². The molecular formula is C82H146NO8P. The van der Waals surface area contributed by atoms with Gasteiger partial charge in [-0.3, -0.25) is 14.2 Å². The summed E-state index contributed by atoms with van der Waals surface area (Å²) in [7, 11) is 1.13. The summed E-state index contributed by atoms with van der Waals surface area (Å²) in [6, 6.07) is 0. The van der Waals surface area contributed by atoms with Gasteiger partial charge in [-0.2, -0.15) is 0 Å². The third kappa shape index (κ3) is 75.7. The van der Waals surface area contributed by atoms with Gasteiger partial charge in [-0.15, -0.1) is 0 Å². The van der Waals surface area contributed by atoms with Gasteiger partial charge >= 0.3 is 11.9 Å². The van der Waals surface area contributed by atoms with E-state index < -0.39 is 32.5 Å². The van der Waals surface area contributed by atoms with E-state index in [0.29, 0.717) is 23.9 Å². The largest absolute Gasteiger partial charge is 0.756 e. The SMILES string of the molecule is CC/C=C\C/C=C\C/C=C\C/C=C\C/C=C\C/C=C\C/C=C\C/C=C\C/C=C\CCCC(=O)OC(COC(=O)CCCCCCCCCCCCCCCCCCCCCCCCCCCCCCCCCCCCCCCCC)COP(=O)([O-])OCC[N+](C)(C)C. The van der Waals surface area contributed by atoms with Crippen LogP contribution in [0.5, 0.6) is 0 Å². The number of unbranched alkanes of at least 4 members (excludes halogenated alkanes) is 39. The number of hydrogen-bond acceptors (Lipinski definition) is 8. The average Bonchev–Trinajstić information content (AvgIpc) is 2.14. The fourth-order valence-corrected chi connectivity index (χ4v) is 11.7. The topological polar surface area (TPSA) is 111 Å². The lowest BCUT2D eigenvalue weighted by atomic mass is 10.0. The molecule has 0 spiro atoms. The fraction of sp³-hybridized carbons (Fsp3) is 0.756. The van der Waals surface area contributed by atoms with Gasteiger partial charge in [0.1, 0.15) is 19.8 Å². The Morgan fingerprint density at radius 1 is 0.348 bits per heavy atom. The van der Waals surface area contributed by atoms with Crippen molar-refractivity contribution < 1.29 is 42.1 Å². The standard InChI is InChI=1S/C82H146NO8P/c1-6-8-10-12-14-16-18-20-22-24-26-28-30-32-34-36-37-38-39-40-41-42-43-44-45-47-48-50-52-54-56-58-60-62-64-66-68-70-72-74-81(84)88-78-80(79-90-92(86,87)89-77-76-83(3,4)5)91-82(85)75-73-71-69-67-65-63-61-59-57-55-53-51-49-46-35-33-31-29-27-25-23-21-19-17-15-13-11-9-7-2/h9,11,15,17,21,23,27,29,33,35,49,51,55,57,61,63,67,69,80H,6-8,10,12-14,16,18-20,22,24-26,28,30-32,34,36-48,50,52-54,56,58-60,62,64-66,68,70-79H2,1-5H3/b11-9-,17-15-,23-21-,29-27-,35-33-,51-49-,57-55-,63-61-,69-67-. The number of ether oxygens (including phenoxy) is 2. The van der Waals surface area contributed by atoms with E-state index in [1.165, 1.54) is 231 Å². The second-order valence-corrected chi connectivity index (χ2v) is 28.4. The number of nitrogens with zero attached hydrogens (tertiary/aromatic N) is 1. The van der Waals surface area contributed by atoms with Crippen LogP contribution in [0.3, 0.4) is 0 Å². The molecule has 0 N–H and O–H groups in total. The van der Waals surface area contributed by atoms with Gasteiger partial charge in [-0.05, 0) is 77.0 Å². The van der Waals surface area contributed by atoms with Gasteiger partial charge in [0.15, 0.2) is 6.10 Å². The van der Waals surface area contributed by atoms with Crippen molar-refractivity contribution in [3.05, 3.63) is 109 Å². The average molecular weight is 1310 g/mol. The van der Waals surface area contributed by atoms with Crippen molar-refractivity contribution in [3.63, 3.8) is 0 Å². The zero-order valence-electron chi connectivity index (χ0n) is 60.7. The zero-order valence-corrected chi connectivity index (χ0v) is 61.6. The molecule has 2 atom stereocenters. The molecular weight excluding hydrogens is 1160 g/mol. The fourth-order valence-electron chi connectivity index (χ4n) is 11.0. The van der Waals surface area contributed by atoms with Gasteiger partial charge < -0.3 is 27.9 Å². The number of phosphoric acid groups is 1. The van der Waals surface area contributed by atoms with Gasteiger partial charge in [0.05, 0.1) is 27.7 Å². The Balaban J connectivity index is 4.02. The summed E-state index contributed by atoms with van der Waals surface area (Å²) in [5.41, 5.74) is 0. The molecule has 0 aliphatic rings. The summed E-state index contributed by atoms with van der Waals surface area (Å²) >= 11 is 0. The van der Waals surface area contributed by atoms with Gasteiger partial charge in [0.25, 0.3) is 7.82 Å². The number of esters is 2. The summed E-state index contributed by atoms with van der Waals surface area (Å²) < 4.78 is 34.3. The van der Waals surface area contributed by atoms with Crippen LogP contribution in [0.15, 0.2) is 109 Å². The number of phosphoric ester groups is 1. The summed E-state index contributed by atoms with van der Waals surface area (Å²) in [6.45, 7) is 4.09. The van der Waals surface area contributed by atoms with E-state index in [9.17, 15) is 19.0 Å². The molecule has 0 saturated heterocycles. The Bertz CT molecular complexity index is 1920. The van der Waals surface area contributed by atoms with Crippen LogP contribution >= 0.6 is 7.82 Å². The molecule has 0 bridgehead atoms. The lowest BCUT2D eigenvalue weighted by Gasteiger charge is -2.28.